The van der Waals surface area contributed by atoms with E-state index < -0.39 is 0 Å². The van der Waals surface area contributed by atoms with Crippen LogP contribution in [-0.4, -0.2) is 35.9 Å². The second kappa shape index (κ2) is 9.08. The smallest absolute Gasteiger partial charge is 0.141 e. The molecule has 0 unspecified atom stereocenters. The van der Waals surface area contributed by atoms with Crippen LogP contribution in [0.2, 0.25) is 0 Å². The van der Waals surface area contributed by atoms with E-state index in [0.29, 0.717) is 5.84 Å². The monoisotopic (exact) mass is 384 g/mol. The van der Waals surface area contributed by atoms with E-state index in [9.17, 15) is 0 Å². The standard InChI is InChI=1S/C17H20N4S.2ClH/c1-20(2)9-10-21-8-7-13-5-6-14(12-15(13)21)19-17(18)16-4-3-11-22-16;;/h3-8,11-12H,9-10H2,1-2H3,(H2,18,19);2*1H. The second-order valence-electron chi connectivity index (χ2n) is 5.53. The van der Waals surface area contributed by atoms with Gasteiger partial charge in [0.05, 0.1) is 16.1 Å². The lowest BCUT2D eigenvalue weighted by atomic mass is 10.2. The van der Waals surface area contributed by atoms with Crippen molar-refractivity contribution in [1.82, 2.24) is 9.47 Å². The molecule has 130 valence electrons. The topological polar surface area (TPSA) is 46.5 Å². The highest BCUT2D eigenvalue weighted by Gasteiger charge is 2.04. The Kier molecular flexibility index (Phi) is 7.76. The highest BCUT2D eigenvalue weighted by molar-refractivity contribution is 7.12. The van der Waals surface area contributed by atoms with Gasteiger partial charge in [-0.2, -0.15) is 0 Å². The summed E-state index contributed by atoms with van der Waals surface area (Å²) in [5.41, 5.74) is 8.16. The number of amidine groups is 1. The van der Waals surface area contributed by atoms with Crippen LogP contribution in [0.1, 0.15) is 4.88 Å². The van der Waals surface area contributed by atoms with E-state index in [2.05, 4.69) is 53.0 Å². The van der Waals surface area contributed by atoms with Crippen LogP contribution in [0, 0.1) is 0 Å². The van der Waals surface area contributed by atoms with Crippen molar-refractivity contribution in [1.29, 1.82) is 0 Å². The van der Waals surface area contributed by atoms with Crippen LogP contribution in [0.3, 0.4) is 0 Å². The molecule has 2 heterocycles. The maximum absolute atomic E-state index is 6.07. The molecule has 0 aliphatic heterocycles. The highest BCUT2D eigenvalue weighted by Crippen LogP contribution is 2.23. The normalized spacial score (nSPS) is 11.4. The lowest BCUT2D eigenvalue weighted by molar-refractivity contribution is 0.387. The highest BCUT2D eigenvalue weighted by atomic mass is 35.5. The van der Waals surface area contributed by atoms with Gasteiger partial charge in [0.1, 0.15) is 5.84 Å². The largest absolute Gasteiger partial charge is 0.383 e. The van der Waals surface area contributed by atoms with Gasteiger partial charge in [0, 0.05) is 19.3 Å². The molecule has 7 heteroatoms. The van der Waals surface area contributed by atoms with E-state index in [4.69, 9.17) is 5.73 Å². The molecule has 2 aromatic heterocycles. The summed E-state index contributed by atoms with van der Waals surface area (Å²) < 4.78 is 2.26. The zero-order chi connectivity index (χ0) is 15.5. The van der Waals surface area contributed by atoms with Crippen molar-refractivity contribution < 1.29 is 0 Å². The van der Waals surface area contributed by atoms with E-state index in [-0.39, 0.29) is 24.8 Å². The molecule has 0 fully saturated rings. The third kappa shape index (κ3) is 4.74. The van der Waals surface area contributed by atoms with Crippen molar-refractivity contribution in [3.8, 4) is 0 Å². The number of nitrogens with zero attached hydrogens (tertiary/aromatic N) is 3. The van der Waals surface area contributed by atoms with Crippen molar-refractivity contribution in [2.75, 3.05) is 20.6 Å². The zero-order valence-corrected chi connectivity index (χ0v) is 16.1. The van der Waals surface area contributed by atoms with E-state index in [1.807, 2.05) is 23.6 Å². The molecule has 2 N–H and O–H groups in total. The summed E-state index contributed by atoms with van der Waals surface area (Å²) in [6.07, 6.45) is 2.13. The summed E-state index contributed by atoms with van der Waals surface area (Å²) in [5.74, 6) is 0.570. The molecule has 0 saturated heterocycles. The fourth-order valence-corrected chi connectivity index (χ4v) is 2.99. The molecule has 0 spiro atoms. The Hall–Kier alpha value is -1.53. The summed E-state index contributed by atoms with van der Waals surface area (Å²) in [6, 6.07) is 12.3. The minimum absolute atomic E-state index is 0. The first-order valence-electron chi connectivity index (χ1n) is 7.25. The fraction of sp³-hybridized carbons (Fsp3) is 0.235. The van der Waals surface area contributed by atoms with Crippen molar-refractivity contribution in [2.24, 2.45) is 10.7 Å². The molecule has 24 heavy (non-hydrogen) atoms. The van der Waals surface area contributed by atoms with Gasteiger partial charge in [-0.3, -0.25) is 0 Å². The SMILES string of the molecule is CN(C)CCn1ccc2ccc(N=C(N)c3cccs3)cc21.Cl.Cl. The van der Waals surface area contributed by atoms with Gasteiger partial charge >= 0.3 is 0 Å². The molecule has 0 bridgehead atoms. The van der Waals surface area contributed by atoms with Crippen LogP contribution in [0.15, 0.2) is 53.0 Å². The summed E-state index contributed by atoms with van der Waals surface area (Å²) in [7, 11) is 4.17. The summed E-state index contributed by atoms with van der Waals surface area (Å²) in [6.45, 7) is 1.97. The number of likely N-dealkylation sites (N-methyl/N-ethyl adjacent to an activating group) is 1. The van der Waals surface area contributed by atoms with E-state index in [1.54, 1.807) is 11.3 Å². The number of hydrogen-bond acceptors (Lipinski definition) is 3. The van der Waals surface area contributed by atoms with Crippen molar-refractivity contribution in [2.45, 2.75) is 6.54 Å². The average molecular weight is 385 g/mol. The number of aromatic nitrogens is 1. The Morgan fingerprint density at radius 3 is 2.67 bits per heavy atom. The van der Waals surface area contributed by atoms with Gasteiger partial charge in [-0.1, -0.05) is 12.1 Å². The number of benzene rings is 1. The van der Waals surface area contributed by atoms with Gasteiger partial charge in [0.2, 0.25) is 0 Å². The Bertz CT molecular complexity index is 794. The Labute approximate surface area is 158 Å². The average Bonchev–Trinajstić information content (AvgIpc) is 3.14. The molecule has 0 saturated carbocycles. The molecule has 0 aliphatic rings. The molecule has 0 aliphatic carbocycles. The second-order valence-corrected chi connectivity index (χ2v) is 6.48. The number of aliphatic imine (C=N–C) groups is 1. The predicted octanol–water partition coefficient (Wildman–Crippen LogP) is 4.15. The van der Waals surface area contributed by atoms with E-state index in [0.717, 1.165) is 23.7 Å². The minimum atomic E-state index is 0. The number of halogens is 2. The van der Waals surface area contributed by atoms with Crippen LogP contribution < -0.4 is 5.73 Å². The first-order valence-corrected chi connectivity index (χ1v) is 8.13. The summed E-state index contributed by atoms with van der Waals surface area (Å²) in [5, 5.41) is 3.24. The van der Waals surface area contributed by atoms with Gasteiger partial charge in [0.15, 0.2) is 0 Å². The molecule has 0 radical (unpaired) electrons. The summed E-state index contributed by atoms with van der Waals surface area (Å²) >= 11 is 1.60. The Morgan fingerprint density at radius 1 is 1.21 bits per heavy atom. The molecule has 4 nitrogen and oxygen atoms in total. The quantitative estimate of drug-likeness (QED) is 0.530. The molecule has 3 rings (SSSR count). The molecule has 3 aromatic rings. The predicted molar refractivity (Wildman–Crippen MR) is 110 cm³/mol. The number of fused-ring (bicyclic) bond motifs is 1. The van der Waals surface area contributed by atoms with Crippen LogP contribution in [-0.2, 0) is 6.54 Å². The zero-order valence-electron chi connectivity index (χ0n) is 13.7. The van der Waals surface area contributed by atoms with Crippen LogP contribution in [0.4, 0.5) is 5.69 Å². The lowest BCUT2D eigenvalue weighted by Gasteiger charge is -2.11. The van der Waals surface area contributed by atoms with E-state index in [1.165, 1.54) is 10.9 Å². The number of rotatable bonds is 5. The van der Waals surface area contributed by atoms with Gasteiger partial charge in [0.25, 0.3) is 0 Å². The van der Waals surface area contributed by atoms with Crippen LogP contribution >= 0.6 is 36.2 Å². The van der Waals surface area contributed by atoms with Gasteiger partial charge in [-0.15, -0.1) is 36.2 Å². The Morgan fingerprint density at radius 2 is 2.00 bits per heavy atom. The van der Waals surface area contributed by atoms with E-state index >= 15 is 0 Å². The summed E-state index contributed by atoms with van der Waals surface area (Å²) in [4.78, 5) is 7.73. The Balaban J connectivity index is 0.00000144. The first-order chi connectivity index (χ1) is 10.6. The first kappa shape index (κ1) is 20.5. The molecule has 0 amide bonds. The number of hydrogen-bond donors (Lipinski definition) is 1. The number of nitrogens with two attached hydrogens (primary N) is 1. The molecular formula is C17H22Cl2N4S. The van der Waals surface area contributed by atoms with Crippen molar-refractivity contribution >= 4 is 58.6 Å². The van der Waals surface area contributed by atoms with Crippen molar-refractivity contribution in [3.63, 3.8) is 0 Å². The lowest BCUT2D eigenvalue weighted by Crippen LogP contribution is -2.17. The molecule has 1 aromatic carbocycles. The maximum atomic E-state index is 6.07. The van der Waals surface area contributed by atoms with Gasteiger partial charge in [-0.25, -0.2) is 4.99 Å². The third-order valence-corrected chi connectivity index (χ3v) is 4.46. The fourth-order valence-electron chi connectivity index (χ4n) is 2.36. The van der Waals surface area contributed by atoms with Crippen LogP contribution in [0.5, 0.6) is 0 Å². The molecule has 0 atom stereocenters. The molecular weight excluding hydrogens is 363 g/mol. The number of thiophene rings is 1. The van der Waals surface area contributed by atoms with Gasteiger partial charge in [-0.05, 0) is 49.1 Å². The minimum Gasteiger partial charge on any atom is -0.383 e. The maximum Gasteiger partial charge on any atom is 0.141 e. The van der Waals surface area contributed by atoms with Crippen LogP contribution in [0.25, 0.3) is 10.9 Å². The van der Waals surface area contributed by atoms with Crippen molar-refractivity contribution in [3.05, 3.63) is 52.9 Å². The third-order valence-electron chi connectivity index (χ3n) is 3.57. The van der Waals surface area contributed by atoms with Gasteiger partial charge < -0.3 is 15.2 Å².